The third-order valence-electron chi connectivity index (χ3n) is 3.94. The molecule has 0 radical (unpaired) electrons. The summed E-state index contributed by atoms with van der Waals surface area (Å²) in [5.74, 6) is 0.831. The van der Waals surface area contributed by atoms with Gasteiger partial charge >= 0.3 is 0 Å². The van der Waals surface area contributed by atoms with Crippen molar-refractivity contribution in [2.75, 3.05) is 5.32 Å². The third kappa shape index (κ3) is 2.51. The van der Waals surface area contributed by atoms with Crippen molar-refractivity contribution in [3.05, 3.63) is 11.9 Å². The van der Waals surface area contributed by atoms with E-state index in [9.17, 15) is 4.79 Å². The molecule has 94 valence electrons. The van der Waals surface area contributed by atoms with Crippen molar-refractivity contribution < 1.29 is 4.79 Å². The van der Waals surface area contributed by atoms with E-state index in [0.29, 0.717) is 5.92 Å². The topological polar surface area (TPSA) is 46.9 Å². The summed E-state index contributed by atoms with van der Waals surface area (Å²) in [7, 11) is 1.88. The van der Waals surface area contributed by atoms with Gasteiger partial charge in [-0.05, 0) is 25.7 Å². The number of carbonyl (C=O) groups excluding carboxylic acids is 1. The average molecular weight is 235 g/mol. The Morgan fingerprint density at radius 1 is 1.47 bits per heavy atom. The van der Waals surface area contributed by atoms with Gasteiger partial charge in [-0.3, -0.25) is 9.48 Å². The first-order chi connectivity index (χ1) is 8.09. The summed E-state index contributed by atoms with van der Waals surface area (Å²) in [4.78, 5) is 12.2. The lowest BCUT2D eigenvalue weighted by molar-refractivity contribution is -0.122. The minimum absolute atomic E-state index is 0.160. The van der Waals surface area contributed by atoms with E-state index in [2.05, 4.69) is 17.3 Å². The van der Waals surface area contributed by atoms with Gasteiger partial charge in [0.2, 0.25) is 5.91 Å². The Morgan fingerprint density at radius 3 is 2.76 bits per heavy atom. The highest BCUT2D eigenvalue weighted by atomic mass is 16.1. The predicted molar refractivity (Wildman–Crippen MR) is 67.7 cm³/mol. The highest BCUT2D eigenvalue weighted by molar-refractivity contribution is 5.93. The molecular weight excluding hydrogens is 214 g/mol. The fourth-order valence-corrected chi connectivity index (χ4v) is 2.55. The molecule has 1 aromatic heterocycles. The van der Waals surface area contributed by atoms with Crippen LogP contribution in [0.5, 0.6) is 0 Å². The van der Waals surface area contributed by atoms with Gasteiger partial charge in [0, 0.05) is 13.0 Å². The minimum Gasteiger partial charge on any atom is -0.323 e. The molecule has 2 unspecified atom stereocenters. The first-order valence-electron chi connectivity index (χ1n) is 6.39. The maximum absolute atomic E-state index is 12.2. The van der Waals surface area contributed by atoms with Crippen LogP contribution in [0.4, 0.5) is 5.69 Å². The molecular formula is C13H21N3O. The molecule has 0 aliphatic heterocycles. The Bertz CT molecular complexity index is 411. The molecule has 1 aliphatic carbocycles. The molecule has 2 atom stereocenters. The molecule has 0 spiro atoms. The molecule has 1 saturated carbocycles. The van der Waals surface area contributed by atoms with Gasteiger partial charge in [0.15, 0.2) is 0 Å². The molecule has 1 amide bonds. The van der Waals surface area contributed by atoms with Crippen LogP contribution in [0.25, 0.3) is 0 Å². The van der Waals surface area contributed by atoms with Crippen LogP contribution in [-0.2, 0) is 11.8 Å². The number of carbonyl (C=O) groups is 1. The number of nitrogens with one attached hydrogen (secondary N) is 1. The molecule has 1 aliphatic rings. The van der Waals surface area contributed by atoms with Gasteiger partial charge in [-0.15, -0.1) is 0 Å². The highest BCUT2D eigenvalue weighted by Crippen LogP contribution is 2.30. The third-order valence-corrected chi connectivity index (χ3v) is 3.94. The molecule has 1 N–H and O–H groups in total. The summed E-state index contributed by atoms with van der Waals surface area (Å²) in [5.41, 5.74) is 1.84. The summed E-state index contributed by atoms with van der Waals surface area (Å²) in [6.07, 6.45) is 6.35. The molecule has 4 nitrogen and oxygen atoms in total. The smallest absolute Gasteiger partial charge is 0.227 e. The second-order valence-electron chi connectivity index (χ2n) is 5.12. The van der Waals surface area contributed by atoms with Crippen molar-refractivity contribution >= 4 is 11.6 Å². The van der Waals surface area contributed by atoms with Gasteiger partial charge in [0.05, 0.1) is 17.6 Å². The molecule has 0 bridgehead atoms. The maximum Gasteiger partial charge on any atom is 0.227 e. The number of amides is 1. The Morgan fingerprint density at radius 2 is 2.18 bits per heavy atom. The SMILES string of the molecule is Cc1c(NC(=O)C2CCCCC2C)cnn1C. The number of hydrogen-bond acceptors (Lipinski definition) is 2. The molecule has 0 aromatic carbocycles. The lowest BCUT2D eigenvalue weighted by atomic mass is 9.80. The first-order valence-corrected chi connectivity index (χ1v) is 6.39. The van der Waals surface area contributed by atoms with Crippen LogP contribution < -0.4 is 5.32 Å². The van der Waals surface area contributed by atoms with E-state index in [1.807, 2.05) is 14.0 Å². The summed E-state index contributed by atoms with van der Waals surface area (Å²) >= 11 is 0. The van der Waals surface area contributed by atoms with E-state index >= 15 is 0 Å². The van der Waals surface area contributed by atoms with Gasteiger partial charge in [0.1, 0.15) is 0 Å². The van der Waals surface area contributed by atoms with Crippen molar-refractivity contribution in [2.45, 2.75) is 39.5 Å². The van der Waals surface area contributed by atoms with Crippen LogP contribution in [0.15, 0.2) is 6.20 Å². The molecule has 2 rings (SSSR count). The van der Waals surface area contributed by atoms with Crippen LogP contribution in [-0.4, -0.2) is 15.7 Å². The Hall–Kier alpha value is -1.32. The quantitative estimate of drug-likeness (QED) is 0.856. The number of hydrogen-bond donors (Lipinski definition) is 1. The number of rotatable bonds is 2. The zero-order valence-corrected chi connectivity index (χ0v) is 10.9. The number of aromatic nitrogens is 2. The van der Waals surface area contributed by atoms with Gasteiger partial charge in [0.25, 0.3) is 0 Å². The average Bonchev–Trinajstić information content (AvgIpc) is 2.61. The molecule has 1 aromatic rings. The van der Waals surface area contributed by atoms with Crippen LogP contribution >= 0.6 is 0 Å². The summed E-state index contributed by atoms with van der Waals surface area (Å²) in [6.45, 7) is 4.15. The number of aryl methyl sites for hydroxylation is 1. The van der Waals surface area contributed by atoms with Crippen LogP contribution in [0.1, 0.15) is 38.3 Å². The highest BCUT2D eigenvalue weighted by Gasteiger charge is 2.28. The molecule has 0 saturated heterocycles. The summed E-state index contributed by atoms with van der Waals surface area (Å²) in [5, 5.41) is 7.14. The van der Waals surface area contributed by atoms with Crippen molar-refractivity contribution in [3.8, 4) is 0 Å². The fourth-order valence-electron chi connectivity index (χ4n) is 2.55. The van der Waals surface area contributed by atoms with E-state index in [4.69, 9.17) is 0 Å². The second-order valence-corrected chi connectivity index (χ2v) is 5.12. The Balaban J connectivity index is 2.03. The van der Waals surface area contributed by atoms with Crippen molar-refractivity contribution in [3.63, 3.8) is 0 Å². The minimum atomic E-state index is 0.160. The predicted octanol–water partition coefficient (Wildman–Crippen LogP) is 2.49. The van der Waals surface area contributed by atoms with Gasteiger partial charge in [-0.2, -0.15) is 5.10 Å². The lowest BCUT2D eigenvalue weighted by Gasteiger charge is -2.27. The second kappa shape index (κ2) is 4.90. The van der Waals surface area contributed by atoms with Gasteiger partial charge in [-0.1, -0.05) is 19.8 Å². The van der Waals surface area contributed by atoms with Crippen LogP contribution in [0, 0.1) is 18.8 Å². The fraction of sp³-hybridized carbons (Fsp3) is 0.692. The maximum atomic E-state index is 12.2. The van der Waals surface area contributed by atoms with Crippen LogP contribution in [0.3, 0.4) is 0 Å². The van der Waals surface area contributed by atoms with Crippen molar-refractivity contribution in [2.24, 2.45) is 18.9 Å². The standard InChI is InChI=1S/C13H21N3O/c1-9-6-4-5-7-11(9)13(17)15-12-8-14-16(3)10(12)2/h8-9,11H,4-7H2,1-3H3,(H,15,17). The zero-order valence-electron chi connectivity index (χ0n) is 10.9. The normalized spacial score (nSPS) is 24.6. The van der Waals surface area contributed by atoms with Crippen LogP contribution in [0.2, 0.25) is 0 Å². The molecule has 1 heterocycles. The number of nitrogens with zero attached hydrogens (tertiary/aromatic N) is 2. The van der Waals surface area contributed by atoms with Crippen molar-refractivity contribution in [1.82, 2.24) is 9.78 Å². The van der Waals surface area contributed by atoms with Gasteiger partial charge < -0.3 is 5.32 Å². The van der Waals surface area contributed by atoms with E-state index in [-0.39, 0.29) is 11.8 Å². The van der Waals surface area contributed by atoms with Crippen molar-refractivity contribution in [1.29, 1.82) is 0 Å². The van der Waals surface area contributed by atoms with Gasteiger partial charge in [-0.25, -0.2) is 0 Å². The van der Waals surface area contributed by atoms with E-state index < -0.39 is 0 Å². The number of anilines is 1. The summed E-state index contributed by atoms with van der Waals surface area (Å²) in [6, 6.07) is 0. The zero-order chi connectivity index (χ0) is 12.4. The largest absolute Gasteiger partial charge is 0.323 e. The monoisotopic (exact) mass is 235 g/mol. The lowest BCUT2D eigenvalue weighted by Crippen LogP contribution is -2.30. The van der Waals surface area contributed by atoms with E-state index in [1.165, 1.54) is 19.3 Å². The van der Waals surface area contributed by atoms with E-state index in [1.54, 1.807) is 10.9 Å². The van der Waals surface area contributed by atoms with E-state index in [0.717, 1.165) is 17.8 Å². The summed E-state index contributed by atoms with van der Waals surface area (Å²) < 4.78 is 1.78. The molecule has 4 heteroatoms. The molecule has 1 fully saturated rings. The Kier molecular flexibility index (Phi) is 3.50. The Labute approximate surface area is 102 Å². The molecule has 17 heavy (non-hydrogen) atoms. The first kappa shape index (κ1) is 12.1.